The minimum Gasteiger partial charge on any atom is -0.460 e. The Balaban J connectivity index is 1.94. The zero-order chi connectivity index (χ0) is 17.5. The number of carbonyl (C=O) groups excluding carboxylic acids is 1. The van der Waals surface area contributed by atoms with E-state index in [0.29, 0.717) is 11.5 Å². The van der Waals surface area contributed by atoms with Gasteiger partial charge in [-0.2, -0.15) is 0 Å². The number of aliphatic hydroxyl groups excluding tert-OH is 2. The Morgan fingerprint density at radius 3 is 2.58 bits per heavy atom. The van der Waals surface area contributed by atoms with E-state index in [0.717, 1.165) is 5.56 Å². The Bertz CT molecular complexity index is 660. The van der Waals surface area contributed by atoms with Crippen molar-refractivity contribution in [2.75, 3.05) is 6.79 Å². The van der Waals surface area contributed by atoms with E-state index in [1.165, 1.54) is 6.08 Å². The van der Waals surface area contributed by atoms with Gasteiger partial charge in [0.25, 0.3) is 0 Å². The summed E-state index contributed by atoms with van der Waals surface area (Å²) < 4.78 is 16.1. The summed E-state index contributed by atoms with van der Waals surface area (Å²) in [7, 11) is 0. The van der Waals surface area contributed by atoms with E-state index in [4.69, 9.17) is 14.2 Å². The number of hydrogen-bond donors (Lipinski definition) is 2. The molecule has 2 N–H and O–H groups in total. The lowest BCUT2D eigenvalue weighted by atomic mass is 9.76. The number of rotatable bonds is 2. The first kappa shape index (κ1) is 16.8. The number of benzene rings is 1. The van der Waals surface area contributed by atoms with Gasteiger partial charge in [-0.05, 0) is 38.5 Å². The van der Waals surface area contributed by atoms with Gasteiger partial charge in [0.15, 0.2) is 11.5 Å². The van der Waals surface area contributed by atoms with Gasteiger partial charge in [0.1, 0.15) is 5.60 Å². The van der Waals surface area contributed by atoms with Crippen LogP contribution >= 0.6 is 0 Å². The van der Waals surface area contributed by atoms with Crippen LogP contribution in [0.2, 0.25) is 0 Å². The van der Waals surface area contributed by atoms with Crippen LogP contribution in [0.3, 0.4) is 0 Å². The van der Waals surface area contributed by atoms with Crippen molar-refractivity contribution in [1.29, 1.82) is 0 Å². The molecule has 0 saturated carbocycles. The van der Waals surface area contributed by atoms with Crippen molar-refractivity contribution in [3.05, 3.63) is 35.9 Å². The summed E-state index contributed by atoms with van der Waals surface area (Å²) in [5, 5.41) is 20.3. The van der Waals surface area contributed by atoms with Crippen molar-refractivity contribution in [2.24, 2.45) is 5.92 Å². The Hall–Kier alpha value is -2.05. The van der Waals surface area contributed by atoms with Gasteiger partial charge >= 0.3 is 5.97 Å². The average Bonchev–Trinajstić information content (AvgIpc) is 2.95. The number of aliphatic hydroxyl groups is 2. The zero-order valence-electron chi connectivity index (χ0n) is 13.9. The van der Waals surface area contributed by atoms with Crippen LogP contribution in [0.4, 0.5) is 0 Å². The molecule has 1 aromatic rings. The molecule has 0 bridgehead atoms. The first-order valence-corrected chi connectivity index (χ1v) is 7.93. The fraction of sp³-hybridized carbons (Fsp3) is 0.500. The standard InChI is InChI=1S/C18H22O6/c1-18(2,3)24-17(21)15-11(5-6-12(19)16(15)20)10-4-7-13-14(8-10)23-9-22-13/h4-8,11-12,15-16,19-20H,9H2,1-3H3/t11-,12-,15-,16-/m1/s1. The molecular formula is C18H22O6. The van der Waals surface area contributed by atoms with Crippen molar-refractivity contribution in [1.82, 2.24) is 0 Å². The maximum absolute atomic E-state index is 12.6. The summed E-state index contributed by atoms with van der Waals surface area (Å²) in [4.78, 5) is 12.6. The average molecular weight is 334 g/mol. The highest BCUT2D eigenvalue weighted by atomic mass is 16.7. The highest BCUT2D eigenvalue weighted by Crippen LogP contribution is 2.40. The van der Waals surface area contributed by atoms with Crippen molar-refractivity contribution in [3.8, 4) is 11.5 Å². The van der Waals surface area contributed by atoms with Crippen LogP contribution in [0.5, 0.6) is 11.5 Å². The van der Waals surface area contributed by atoms with Crippen LogP contribution in [-0.2, 0) is 9.53 Å². The quantitative estimate of drug-likeness (QED) is 0.633. The van der Waals surface area contributed by atoms with Gasteiger partial charge in [0.2, 0.25) is 6.79 Å². The lowest BCUT2D eigenvalue weighted by Crippen LogP contribution is -2.45. The number of hydrogen-bond acceptors (Lipinski definition) is 6. The molecule has 0 fully saturated rings. The van der Waals surface area contributed by atoms with Gasteiger partial charge < -0.3 is 24.4 Å². The van der Waals surface area contributed by atoms with Crippen LogP contribution in [0.25, 0.3) is 0 Å². The monoisotopic (exact) mass is 334 g/mol. The normalized spacial score (nSPS) is 28.7. The molecule has 0 unspecified atom stereocenters. The molecule has 6 nitrogen and oxygen atoms in total. The summed E-state index contributed by atoms with van der Waals surface area (Å²) in [5.74, 6) is -0.615. The fourth-order valence-corrected chi connectivity index (χ4v) is 2.99. The van der Waals surface area contributed by atoms with Crippen LogP contribution in [0.15, 0.2) is 30.4 Å². The molecule has 24 heavy (non-hydrogen) atoms. The van der Waals surface area contributed by atoms with Gasteiger partial charge in [-0.1, -0.05) is 18.2 Å². The first-order valence-electron chi connectivity index (χ1n) is 7.93. The van der Waals surface area contributed by atoms with E-state index in [-0.39, 0.29) is 6.79 Å². The van der Waals surface area contributed by atoms with Crippen LogP contribution in [0, 0.1) is 5.92 Å². The highest BCUT2D eigenvalue weighted by molar-refractivity contribution is 5.76. The Morgan fingerprint density at radius 2 is 1.88 bits per heavy atom. The first-order chi connectivity index (χ1) is 11.3. The van der Waals surface area contributed by atoms with Gasteiger partial charge in [-0.15, -0.1) is 0 Å². The molecule has 1 aromatic carbocycles. The molecule has 1 aliphatic heterocycles. The van der Waals surface area contributed by atoms with E-state index in [2.05, 4.69) is 0 Å². The van der Waals surface area contributed by atoms with E-state index in [1.54, 1.807) is 39.0 Å². The summed E-state index contributed by atoms with van der Waals surface area (Å²) in [5.41, 5.74) is 0.111. The predicted octanol–water partition coefficient (Wildman–Crippen LogP) is 1.75. The van der Waals surface area contributed by atoms with E-state index in [1.807, 2.05) is 6.07 Å². The Labute approximate surface area is 140 Å². The molecule has 6 heteroatoms. The lowest BCUT2D eigenvalue weighted by molar-refractivity contribution is -0.167. The van der Waals surface area contributed by atoms with E-state index in [9.17, 15) is 15.0 Å². The molecule has 1 aliphatic carbocycles. The third kappa shape index (κ3) is 3.25. The minimum absolute atomic E-state index is 0.163. The van der Waals surface area contributed by atoms with Crippen molar-refractivity contribution in [3.63, 3.8) is 0 Å². The molecule has 0 saturated heterocycles. The van der Waals surface area contributed by atoms with Gasteiger partial charge in [-0.3, -0.25) is 4.79 Å². The van der Waals surface area contributed by atoms with Crippen molar-refractivity contribution >= 4 is 5.97 Å². The van der Waals surface area contributed by atoms with Gasteiger partial charge in [-0.25, -0.2) is 0 Å². The maximum atomic E-state index is 12.6. The topological polar surface area (TPSA) is 85.2 Å². The molecule has 0 amide bonds. The summed E-state index contributed by atoms with van der Waals surface area (Å²) in [6.07, 6.45) is 0.887. The Morgan fingerprint density at radius 1 is 1.17 bits per heavy atom. The van der Waals surface area contributed by atoms with Crippen LogP contribution in [0.1, 0.15) is 32.3 Å². The van der Waals surface area contributed by atoms with Crippen molar-refractivity contribution < 1.29 is 29.2 Å². The number of fused-ring (bicyclic) bond motifs is 1. The van der Waals surface area contributed by atoms with Crippen LogP contribution in [-0.4, -0.2) is 40.8 Å². The van der Waals surface area contributed by atoms with E-state index < -0.39 is 35.6 Å². The largest absolute Gasteiger partial charge is 0.460 e. The SMILES string of the molecule is CC(C)(C)OC(=O)[C@H]1[C@H](O)[C@H](O)C=C[C@@H]1c1ccc2c(c1)OCO2. The van der Waals surface area contributed by atoms with Gasteiger partial charge in [0.05, 0.1) is 18.1 Å². The van der Waals surface area contributed by atoms with E-state index >= 15 is 0 Å². The minimum atomic E-state index is -1.24. The fourth-order valence-electron chi connectivity index (χ4n) is 2.99. The molecule has 3 rings (SSSR count). The number of ether oxygens (including phenoxy) is 3. The molecule has 0 aromatic heterocycles. The van der Waals surface area contributed by atoms with Crippen LogP contribution < -0.4 is 9.47 Å². The zero-order valence-corrected chi connectivity index (χ0v) is 13.9. The predicted molar refractivity (Wildman–Crippen MR) is 85.8 cm³/mol. The molecule has 0 radical (unpaired) electrons. The summed E-state index contributed by atoms with van der Waals surface area (Å²) >= 11 is 0. The molecule has 1 heterocycles. The summed E-state index contributed by atoms with van der Waals surface area (Å²) in [6, 6.07) is 5.39. The molecule has 130 valence electrons. The molecule has 4 atom stereocenters. The van der Waals surface area contributed by atoms with Gasteiger partial charge in [0, 0.05) is 5.92 Å². The molecular weight excluding hydrogens is 312 g/mol. The highest BCUT2D eigenvalue weighted by Gasteiger charge is 2.42. The molecule has 0 spiro atoms. The smallest absolute Gasteiger partial charge is 0.313 e. The third-order valence-electron chi connectivity index (χ3n) is 4.08. The number of esters is 1. The second-order valence-electron chi connectivity index (χ2n) is 7.06. The third-order valence-corrected chi connectivity index (χ3v) is 4.08. The second-order valence-corrected chi connectivity index (χ2v) is 7.06. The number of carbonyl (C=O) groups is 1. The summed E-state index contributed by atoms with van der Waals surface area (Å²) in [6.45, 7) is 5.46. The number of allylic oxidation sites excluding steroid dienone is 1. The second kappa shape index (κ2) is 6.11. The maximum Gasteiger partial charge on any atom is 0.313 e. The molecule has 2 aliphatic rings. The van der Waals surface area contributed by atoms with Crippen molar-refractivity contribution in [2.45, 2.75) is 44.5 Å². The Kier molecular flexibility index (Phi) is 4.27. The lowest BCUT2D eigenvalue weighted by Gasteiger charge is -2.35.